The fourth-order valence-corrected chi connectivity index (χ4v) is 3.02. The first-order valence-corrected chi connectivity index (χ1v) is 8.51. The van der Waals surface area contributed by atoms with Gasteiger partial charge in [-0.05, 0) is 30.1 Å². The lowest BCUT2D eigenvalue weighted by atomic mass is 10.2. The molecule has 0 aliphatic rings. The van der Waals surface area contributed by atoms with Gasteiger partial charge in [0.05, 0.1) is 33.3 Å². The number of nitrogens with one attached hydrogen (secondary N) is 2. The van der Waals surface area contributed by atoms with Crippen LogP contribution in [0, 0.1) is 17.3 Å². The number of hydrogen-bond acceptors (Lipinski definition) is 6. The van der Waals surface area contributed by atoms with Gasteiger partial charge < -0.3 is 20.6 Å². The van der Waals surface area contributed by atoms with Crippen LogP contribution in [0.2, 0.25) is 10.0 Å². The van der Waals surface area contributed by atoms with Crippen LogP contribution in [0.4, 0.5) is 5.69 Å². The third-order valence-electron chi connectivity index (χ3n) is 2.92. The molecule has 0 aliphatic carbocycles. The van der Waals surface area contributed by atoms with E-state index in [0.29, 0.717) is 32.7 Å². The van der Waals surface area contributed by atoms with E-state index in [0.717, 1.165) is 11.1 Å². The highest BCUT2D eigenvalue weighted by atomic mass is 35.5. The van der Waals surface area contributed by atoms with Crippen LogP contribution in [-0.4, -0.2) is 18.3 Å². The van der Waals surface area contributed by atoms with Crippen LogP contribution in [0.15, 0.2) is 47.1 Å². The molecular weight excluding hydrogens is 379 g/mol. The van der Waals surface area contributed by atoms with Crippen molar-refractivity contribution in [2.24, 2.45) is 5.73 Å². The Morgan fingerprint density at radius 3 is 2.92 bits per heavy atom. The van der Waals surface area contributed by atoms with Crippen LogP contribution in [0.1, 0.15) is 5.56 Å². The first-order valence-electron chi connectivity index (χ1n) is 6.94. The molecule has 0 atom stereocenters. The van der Waals surface area contributed by atoms with Gasteiger partial charge in [-0.15, -0.1) is 0 Å². The molecule has 5 nitrogen and oxygen atoms in total. The summed E-state index contributed by atoms with van der Waals surface area (Å²) in [6.45, 7) is 0. The molecule has 25 heavy (non-hydrogen) atoms. The van der Waals surface area contributed by atoms with Crippen molar-refractivity contribution >= 4 is 47.1 Å². The van der Waals surface area contributed by atoms with Crippen molar-refractivity contribution in [1.29, 1.82) is 5.41 Å². The highest BCUT2D eigenvalue weighted by Gasteiger charge is 2.09. The van der Waals surface area contributed by atoms with Crippen molar-refractivity contribution in [3.8, 4) is 17.7 Å². The maximum absolute atomic E-state index is 7.19. The number of benzene rings is 1. The SMILES string of the molecule is COc1ncc(Cl)cc1SNc1cccc(C#C/C(C=N)=C/N)c1Cl. The second-order valence-electron chi connectivity index (χ2n) is 4.55. The average Bonchev–Trinajstić information content (AvgIpc) is 2.63. The lowest BCUT2D eigenvalue weighted by molar-refractivity contribution is 0.387. The molecule has 0 fully saturated rings. The number of aromatic nitrogens is 1. The zero-order chi connectivity index (χ0) is 18.2. The van der Waals surface area contributed by atoms with Gasteiger partial charge in [0.2, 0.25) is 5.88 Å². The molecule has 2 rings (SSSR count). The summed E-state index contributed by atoms with van der Waals surface area (Å²) in [5.74, 6) is 6.13. The maximum atomic E-state index is 7.19. The molecule has 8 heteroatoms. The second kappa shape index (κ2) is 9.23. The lowest BCUT2D eigenvalue weighted by Gasteiger charge is -2.11. The summed E-state index contributed by atoms with van der Waals surface area (Å²) >= 11 is 13.6. The van der Waals surface area contributed by atoms with E-state index in [2.05, 4.69) is 21.5 Å². The predicted molar refractivity (Wildman–Crippen MR) is 105 cm³/mol. The van der Waals surface area contributed by atoms with E-state index in [9.17, 15) is 0 Å². The third kappa shape index (κ3) is 5.07. The Balaban J connectivity index is 2.23. The maximum Gasteiger partial charge on any atom is 0.228 e. The van der Waals surface area contributed by atoms with E-state index in [4.69, 9.17) is 39.1 Å². The molecule has 0 bridgehead atoms. The standard InChI is InChI=1S/C17H14Cl2N4OS/c1-24-17-15(7-13(18)10-22-17)25-23-14-4-2-3-12(16(14)19)6-5-11(8-20)9-21/h2-4,7-10,20,23H,21H2,1H3/b11-9-,20-8?. The fourth-order valence-electron chi connectivity index (χ4n) is 1.72. The summed E-state index contributed by atoms with van der Waals surface area (Å²) < 4.78 is 8.35. The summed E-state index contributed by atoms with van der Waals surface area (Å²) in [7, 11) is 1.54. The molecule has 1 aromatic carbocycles. The van der Waals surface area contributed by atoms with Gasteiger partial charge in [0, 0.05) is 24.2 Å². The topological polar surface area (TPSA) is 84.0 Å². The summed E-state index contributed by atoms with van der Waals surface area (Å²) in [6.07, 6.45) is 3.86. The molecule has 0 unspecified atom stereocenters. The van der Waals surface area contributed by atoms with Gasteiger partial charge >= 0.3 is 0 Å². The van der Waals surface area contributed by atoms with Gasteiger partial charge in [0.1, 0.15) is 0 Å². The van der Waals surface area contributed by atoms with Crippen LogP contribution >= 0.6 is 35.1 Å². The minimum Gasteiger partial charge on any atom is -0.480 e. The number of halogens is 2. The summed E-state index contributed by atoms with van der Waals surface area (Å²) in [5, 5.41) is 8.15. The van der Waals surface area contributed by atoms with Crippen molar-refractivity contribution in [2.75, 3.05) is 11.8 Å². The molecular formula is C17H14Cl2N4OS. The smallest absolute Gasteiger partial charge is 0.228 e. The summed E-state index contributed by atoms with van der Waals surface area (Å²) in [5.41, 5.74) is 7.07. The van der Waals surface area contributed by atoms with E-state index in [-0.39, 0.29) is 0 Å². The number of methoxy groups -OCH3 is 1. The minimum absolute atomic E-state index is 0.401. The van der Waals surface area contributed by atoms with Crippen LogP contribution in [0.3, 0.4) is 0 Å². The first-order chi connectivity index (χ1) is 12.1. The average molecular weight is 393 g/mol. The third-order valence-corrected chi connectivity index (χ3v) is 4.37. The van der Waals surface area contributed by atoms with Crippen molar-refractivity contribution < 1.29 is 4.74 Å². The summed E-state index contributed by atoms with van der Waals surface area (Å²) in [6, 6.07) is 7.17. The number of pyridine rings is 1. The van der Waals surface area contributed by atoms with Crippen LogP contribution in [0.5, 0.6) is 5.88 Å². The van der Waals surface area contributed by atoms with Gasteiger partial charge in [0.25, 0.3) is 0 Å². The van der Waals surface area contributed by atoms with Crippen LogP contribution in [-0.2, 0) is 0 Å². The van der Waals surface area contributed by atoms with Gasteiger partial charge in [-0.25, -0.2) is 4.98 Å². The molecule has 0 aliphatic heterocycles. The Morgan fingerprint density at radius 2 is 2.24 bits per heavy atom. The Bertz CT molecular complexity index is 875. The number of anilines is 1. The summed E-state index contributed by atoms with van der Waals surface area (Å²) in [4.78, 5) is 4.83. The van der Waals surface area contributed by atoms with Crippen LogP contribution < -0.4 is 15.2 Å². The second-order valence-corrected chi connectivity index (χ2v) is 6.21. The van der Waals surface area contributed by atoms with Gasteiger partial charge in [0.15, 0.2) is 0 Å². The Labute approximate surface area is 160 Å². The van der Waals surface area contributed by atoms with E-state index >= 15 is 0 Å². The van der Waals surface area contributed by atoms with Crippen molar-refractivity contribution in [3.05, 3.63) is 57.8 Å². The molecule has 128 valence electrons. The quantitative estimate of drug-likeness (QED) is 0.399. The molecule has 1 aromatic heterocycles. The molecule has 0 saturated carbocycles. The van der Waals surface area contributed by atoms with E-state index in [1.165, 1.54) is 31.5 Å². The van der Waals surface area contributed by atoms with E-state index < -0.39 is 0 Å². The Hall–Kier alpha value is -2.33. The number of allylic oxidation sites excluding steroid dienone is 1. The largest absolute Gasteiger partial charge is 0.480 e. The van der Waals surface area contributed by atoms with Crippen molar-refractivity contribution in [1.82, 2.24) is 4.98 Å². The zero-order valence-corrected chi connectivity index (χ0v) is 15.5. The molecule has 2 aromatic rings. The number of rotatable bonds is 5. The van der Waals surface area contributed by atoms with Crippen molar-refractivity contribution in [3.63, 3.8) is 0 Å². The van der Waals surface area contributed by atoms with E-state index in [1.807, 2.05) is 12.1 Å². The fraction of sp³-hybridized carbons (Fsp3) is 0.0588. The molecule has 0 amide bonds. The highest BCUT2D eigenvalue weighted by molar-refractivity contribution is 8.00. The monoisotopic (exact) mass is 392 g/mol. The Morgan fingerprint density at radius 1 is 1.44 bits per heavy atom. The molecule has 0 spiro atoms. The first kappa shape index (κ1) is 19.0. The normalized spacial score (nSPS) is 10.6. The number of hydrogen-bond donors (Lipinski definition) is 3. The molecule has 1 heterocycles. The minimum atomic E-state index is 0.401. The van der Waals surface area contributed by atoms with Gasteiger partial charge in [-0.2, -0.15) is 0 Å². The van der Waals surface area contributed by atoms with Gasteiger partial charge in [-0.3, -0.25) is 0 Å². The van der Waals surface area contributed by atoms with Crippen LogP contribution in [0.25, 0.3) is 0 Å². The highest BCUT2D eigenvalue weighted by Crippen LogP contribution is 2.33. The predicted octanol–water partition coefficient (Wildman–Crippen LogP) is 4.36. The Kier molecular flexibility index (Phi) is 7.02. The van der Waals surface area contributed by atoms with Gasteiger partial charge in [-0.1, -0.05) is 41.1 Å². The molecule has 0 saturated heterocycles. The number of nitrogens with zero attached hydrogens (tertiary/aromatic N) is 1. The number of nitrogens with two attached hydrogens (primary N) is 1. The lowest BCUT2D eigenvalue weighted by Crippen LogP contribution is -1.94. The van der Waals surface area contributed by atoms with Crippen molar-refractivity contribution in [2.45, 2.75) is 4.90 Å². The van der Waals surface area contributed by atoms with E-state index in [1.54, 1.807) is 12.1 Å². The zero-order valence-electron chi connectivity index (χ0n) is 13.1. The molecule has 4 N–H and O–H groups in total. The molecule has 0 radical (unpaired) electrons. The number of ether oxygens (including phenoxy) is 1.